The van der Waals surface area contributed by atoms with Gasteiger partial charge in [0.05, 0.1) is 5.92 Å². The van der Waals surface area contributed by atoms with E-state index in [4.69, 9.17) is 0 Å². The molecule has 0 radical (unpaired) electrons. The zero-order valence-corrected chi connectivity index (χ0v) is 17.4. The molecule has 1 fully saturated rings. The minimum atomic E-state index is -0.503. The number of amides is 3. The average Bonchev–Trinajstić information content (AvgIpc) is 3.08. The van der Waals surface area contributed by atoms with Gasteiger partial charge in [0.15, 0.2) is 0 Å². The highest BCUT2D eigenvalue weighted by molar-refractivity contribution is 5.97. The van der Waals surface area contributed by atoms with Gasteiger partial charge in [-0.25, -0.2) is 4.98 Å². The molecule has 154 valence electrons. The van der Waals surface area contributed by atoms with Gasteiger partial charge in [0.2, 0.25) is 18.2 Å². The SMILES string of the molecule is CCCC[C@H](CN(C)C=O)C(=O)N1C[C@H](C)C[C@H]1C(=O)Nc1ccc(C)cn1. The summed E-state index contributed by atoms with van der Waals surface area (Å²) in [5.74, 6) is 0.218. The molecule has 0 spiro atoms. The lowest BCUT2D eigenvalue weighted by Gasteiger charge is -2.29. The van der Waals surface area contributed by atoms with Gasteiger partial charge in [0.25, 0.3) is 0 Å². The van der Waals surface area contributed by atoms with Gasteiger partial charge >= 0.3 is 0 Å². The normalized spacial score (nSPS) is 19.9. The monoisotopic (exact) mass is 388 g/mol. The van der Waals surface area contributed by atoms with Crippen molar-refractivity contribution < 1.29 is 14.4 Å². The Kier molecular flexibility index (Phi) is 7.96. The van der Waals surface area contributed by atoms with Crippen LogP contribution in [0.2, 0.25) is 0 Å². The third-order valence-electron chi connectivity index (χ3n) is 5.20. The Hall–Kier alpha value is -2.44. The molecule has 1 aromatic heterocycles. The van der Waals surface area contributed by atoms with Crippen LogP contribution in [0.15, 0.2) is 18.3 Å². The maximum absolute atomic E-state index is 13.2. The van der Waals surface area contributed by atoms with E-state index >= 15 is 0 Å². The maximum atomic E-state index is 13.2. The van der Waals surface area contributed by atoms with Crippen molar-refractivity contribution in [3.63, 3.8) is 0 Å². The van der Waals surface area contributed by atoms with Crippen LogP contribution < -0.4 is 5.32 Å². The molecule has 3 atom stereocenters. The number of pyridine rings is 1. The van der Waals surface area contributed by atoms with E-state index in [9.17, 15) is 14.4 Å². The lowest BCUT2D eigenvalue weighted by molar-refractivity contribution is -0.141. The molecule has 1 aliphatic heterocycles. The number of aromatic nitrogens is 1. The van der Waals surface area contributed by atoms with Crippen LogP contribution in [0.25, 0.3) is 0 Å². The summed E-state index contributed by atoms with van der Waals surface area (Å²) in [6.07, 6.45) is 5.68. The molecule has 2 heterocycles. The van der Waals surface area contributed by atoms with Gasteiger partial charge in [-0.2, -0.15) is 0 Å². The smallest absolute Gasteiger partial charge is 0.248 e. The van der Waals surface area contributed by atoms with E-state index < -0.39 is 6.04 Å². The number of hydrogen-bond acceptors (Lipinski definition) is 4. The molecule has 7 nitrogen and oxygen atoms in total. The van der Waals surface area contributed by atoms with Gasteiger partial charge < -0.3 is 15.1 Å². The summed E-state index contributed by atoms with van der Waals surface area (Å²) in [5.41, 5.74) is 1.02. The summed E-state index contributed by atoms with van der Waals surface area (Å²) >= 11 is 0. The Bertz CT molecular complexity index is 677. The first-order chi connectivity index (χ1) is 13.3. The van der Waals surface area contributed by atoms with Crippen LogP contribution in [0, 0.1) is 18.8 Å². The first kappa shape index (κ1) is 21.9. The maximum Gasteiger partial charge on any atom is 0.248 e. The van der Waals surface area contributed by atoms with E-state index in [2.05, 4.69) is 24.1 Å². The van der Waals surface area contributed by atoms with Crippen molar-refractivity contribution in [1.82, 2.24) is 14.8 Å². The summed E-state index contributed by atoms with van der Waals surface area (Å²) in [4.78, 5) is 44.6. The van der Waals surface area contributed by atoms with Crippen LogP contribution in [0.4, 0.5) is 5.82 Å². The largest absolute Gasteiger partial charge is 0.348 e. The summed E-state index contributed by atoms with van der Waals surface area (Å²) in [7, 11) is 1.68. The zero-order valence-electron chi connectivity index (χ0n) is 17.4. The van der Waals surface area contributed by atoms with Crippen LogP contribution in [0.3, 0.4) is 0 Å². The average molecular weight is 389 g/mol. The van der Waals surface area contributed by atoms with Crippen molar-refractivity contribution in [2.75, 3.05) is 25.5 Å². The van der Waals surface area contributed by atoms with Crippen molar-refractivity contribution in [1.29, 1.82) is 0 Å². The molecule has 0 unspecified atom stereocenters. The Morgan fingerprint density at radius 3 is 2.79 bits per heavy atom. The Balaban J connectivity index is 2.12. The highest BCUT2D eigenvalue weighted by Gasteiger charge is 2.40. The minimum Gasteiger partial charge on any atom is -0.348 e. The van der Waals surface area contributed by atoms with Gasteiger partial charge in [-0.15, -0.1) is 0 Å². The topological polar surface area (TPSA) is 82.6 Å². The van der Waals surface area contributed by atoms with Crippen molar-refractivity contribution in [3.8, 4) is 0 Å². The lowest BCUT2D eigenvalue weighted by Crippen LogP contribution is -2.47. The Labute approximate surface area is 167 Å². The third-order valence-corrected chi connectivity index (χ3v) is 5.20. The van der Waals surface area contributed by atoms with Crippen LogP contribution in [0.5, 0.6) is 0 Å². The Morgan fingerprint density at radius 1 is 1.43 bits per heavy atom. The fourth-order valence-corrected chi connectivity index (χ4v) is 3.66. The fourth-order valence-electron chi connectivity index (χ4n) is 3.66. The zero-order chi connectivity index (χ0) is 20.7. The van der Waals surface area contributed by atoms with Crippen molar-refractivity contribution in [3.05, 3.63) is 23.9 Å². The van der Waals surface area contributed by atoms with Crippen LogP contribution in [0.1, 0.15) is 45.1 Å². The molecule has 3 amide bonds. The first-order valence-corrected chi connectivity index (χ1v) is 10.0. The number of nitrogens with one attached hydrogen (secondary N) is 1. The molecular weight excluding hydrogens is 356 g/mol. The third kappa shape index (κ3) is 5.78. The van der Waals surface area contributed by atoms with E-state index in [-0.39, 0.29) is 23.7 Å². The molecule has 0 saturated carbocycles. The molecule has 1 aromatic rings. The highest BCUT2D eigenvalue weighted by Crippen LogP contribution is 2.27. The van der Waals surface area contributed by atoms with Crippen molar-refractivity contribution in [2.45, 2.75) is 52.5 Å². The second-order valence-corrected chi connectivity index (χ2v) is 7.94. The van der Waals surface area contributed by atoms with E-state index in [1.807, 2.05) is 13.0 Å². The number of anilines is 1. The quantitative estimate of drug-likeness (QED) is 0.659. The number of nitrogens with zero attached hydrogens (tertiary/aromatic N) is 3. The fraction of sp³-hybridized carbons (Fsp3) is 0.619. The van der Waals surface area contributed by atoms with E-state index in [1.165, 1.54) is 4.90 Å². The summed E-state index contributed by atoms with van der Waals surface area (Å²) in [5, 5.41) is 2.84. The number of hydrogen-bond donors (Lipinski definition) is 1. The van der Waals surface area contributed by atoms with Crippen LogP contribution in [-0.2, 0) is 14.4 Å². The van der Waals surface area contributed by atoms with Gasteiger partial charge in [-0.05, 0) is 37.3 Å². The first-order valence-electron chi connectivity index (χ1n) is 10.0. The molecule has 1 saturated heterocycles. The number of carbonyl (C=O) groups is 3. The van der Waals surface area contributed by atoms with Crippen molar-refractivity contribution >= 4 is 24.0 Å². The molecule has 0 bridgehead atoms. The second-order valence-electron chi connectivity index (χ2n) is 7.94. The molecule has 7 heteroatoms. The molecular formula is C21H32N4O3. The predicted octanol–water partition coefficient (Wildman–Crippen LogP) is 2.46. The van der Waals surface area contributed by atoms with Crippen LogP contribution in [-0.4, -0.2) is 59.2 Å². The second kappa shape index (κ2) is 10.2. The molecule has 1 N–H and O–H groups in total. The summed E-state index contributed by atoms with van der Waals surface area (Å²) in [6.45, 7) is 7.00. The van der Waals surface area contributed by atoms with E-state index in [1.54, 1.807) is 24.2 Å². The summed E-state index contributed by atoms with van der Waals surface area (Å²) < 4.78 is 0. The number of rotatable bonds is 9. The molecule has 1 aliphatic rings. The molecule has 28 heavy (non-hydrogen) atoms. The van der Waals surface area contributed by atoms with E-state index in [0.717, 1.165) is 24.8 Å². The summed E-state index contributed by atoms with van der Waals surface area (Å²) in [6, 6.07) is 3.15. The van der Waals surface area contributed by atoms with Gasteiger partial charge in [0, 0.05) is 26.3 Å². The van der Waals surface area contributed by atoms with E-state index in [0.29, 0.717) is 31.7 Å². The Morgan fingerprint density at radius 2 is 2.18 bits per heavy atom. The predicted molar refractivity (Wildman–Crippen MR) is 109 cm³/mol. The van der Waals surface area contributed by atoms with Gasteiger partial charge in [0.1, 0.15) is 11.9 Å². The van der Waals surface area contributed by atoms with Gasteiger partial charge in [-0.3, -0.25) is 14.4 Å². The minimum absolute atomic E-state index is 0.0384. The number of likely N-dealkylation sites (tertiary alicyclic amines) is 1. The molecule has 0 aliphatic carbocycles. The van der Waals surface area contributed by atoms with Crippen molar-refractivity contribution in [2.24, 2.45) is 11.8 Å². The molecule has 2 rings (SSSR count). The number of aryl methyl sites for hydroxylation is 1. The van der Waals surface area contributed by atoms with Crippen LogP contribution >= 0.6 is 0 Å². The van der Waals surface area contributed by atoms with Gasteiger partial charge in [-0.1, -0.05) is 32.8 Å². The number of carbonyl (C=O) groups excluding carboxylic acids is 3. The molecule has 0 aromatic carbocycles. The number of unbranched alkanes of at least 4 members (excludes halogenated alkanes) is 1. The lowest BCUT2D eigenvalue weighted by atomic mass is 9.99. The highest BCUT2D eigenvalue weighted by atomic mass is 16.2. The standard InChI is InChI=1S/C21H32N4O3/c1-5-6-7-17(13-24(4)14-26)21(28)25-12-16(3)10-18(25)20(27)23-19-9-8-15(2)11-22-19/h8-9,11,14,16-18H,5-7,10,12-13H2,1-4H3,(H,22,23,27)/t16-,17-,18+/m1/s1.